The first kappa shape index (κ1) is 11.2. The second-order valence-corrected chi connectivity index (χ2v) is 4.00. The van der Waals surface area contributed by atoms with Crippen molar-refractivity contribution in [1.29, 1.82) is 0 Å². The summed E-state index contributed by atoms with van der Waals surface area (Å²) in [6, 6.07) is 4.28. The molecule has 1 aromatic rings. The van der Waals surface area contributed by atoms with E-state index in [0.29, 0.717) is 0 Å². The molecule has 0 heterocycles. The van der Waals surface area contributed by atoms with Crippen molar-refractivity contribution in [1.82, 2.24) is 0 Å². The van der Waals surface area contributed by atoms with Crippen LogP contribution in [0, 0.1) is 13.8 Å². The molecule has 0 amide bonds. The van der Waals surface area contributed by atoms with E-state index in [0.717, 1.165) is 11.3 Å². The van der Waals surface area contributed by atoms with Crippen LogP contribution < -0.4 is 5.30 Å². The van der Waals surface area contributed by atoms with Gasteiger partial charge in [-0.15, -0.1) is 9.24 Å². The van der Waals surface area contributed by atoms with Gasteiger partial charge in [-0.05, 0) is 43.3 Å². The van der Waals surface area contributed by atoms with Crippen LogP contribution in [0.2, 0.25) is 0 Å². The van der Waals surface area contributed by atoms with Crippen molar-refractivity contribution >= 4 is 20.3 Å². The zero-order valence-electron chi connectivity index (χ0n) is 9.09. The lowest BCUT2D eigenvalue weighted by molar-refractivity contribution is 0.213. The summed E-state index contributed by atoms with van der Waals surface area (Å²) >= 11 is 0. The molecule has 2 nitrogen and oxygen atoms in total. The average molecular weight is 209 g/mol. The number of oxime groups is 1. The fourth-order valence-electron chi connectivity index (χ4n) is 1.44. The second kappa shape index (κ2) is 4.56. The fraction of sp³-hybridized carbons (Fsp3) is 0.364. The lowest BCUT2D eigenvalue weighted by Gasteiger charge is -2.08. The molecule has 0 spiro atoms. The average Bonchev–Trinajstić information content (AvgIpc) is 2.11. The van der Waals surface area contributed by atoms with E-state index in [-0.39, 0.29) is 0 Å². The Balaban J connectivity index is 3.22. The first-order valence-electron chi connectivity index (χ1n) is 4.51. The standard InChI is InChI=1S/C11H16NOP/c1-7-5-8(2)11(14)6-10(7)9(3)12-13-4/h5-6H,14H2,1-4H3/b12-9-. The summed E-state index contributed by atoms with van der Waals surface area (Å²) in [5.74, 6) is 0. The molecule has 3 heteroatoms. The fourth-order valence-corrected chi connectivity index (χ4v) is 1.69. The van der Waals surface area contributed by atoms with Crippen LogP contribution in [0.25, 0.3) is 0 Å². The molecule has 1 unspecified atom stereocenters. The Hall–Kier alpha value is -0.880. The zero-order chi connectivity index (χ0) is 10.7. The van der Waals surface area contributed by atoms with E-state index in [4.69, 9.17) is 4.84 Å². The van der Waals surface area contributed by atoms with Crippen molar-refractivity contribution in [2.45, 2.75) is 20.8 Å². The summed E-state index contributed by atoms with van der Waals surface area (Å²) in [7, 11) is 4.29. The molecule has 0 aliphatic carbocycles. The Morgan fingerprint density at radius 3 is 2.50 bits per heavy atom. The maximum absolute atomic E-state index is 4.76. The van der Waals surface area contributed by atoms with Gasteiger partial charge in [-0.3, -0.25) is 0 Å². The van der Waals surface area contributed by atoms with E-state index < -0.39 is 0 Å². The Kier molecular flexibility index (Phi) is 3.65. The highest BCUT2D eigenvalue weighted by Gasteiger charge is 2.04. The Morgan fingerprint density at radius 2 is 1.93 bits per heavy atom. The van der Waals surface area contributed by atoms with Gasteiger partial charge in [-0.2, -0.15) is 0 Å². The maximum atomic E-state index is 4.76. The van der Waals surface area contributed by atoms with Gasteiger partial charge in [-0.1, -0.05) is 11.2 Å². The first-order chi connectivity index (χ1) is 6.56. The molecule has 1 aromatic carbocycles. The van der Waals surface area contributed by atoms with E-state index >= 15 is 0 Å². The molecule has 0 aromatic heterocycles. The summed E-state index contributed by atoms with van der Waals surface area (Å²) in [6.45, 7) is 6.13. The van der Waals surface area contributed by atoms with Crippen LogP contribution >= 0.6 is 9.24 Å². The van der Waals surface area contributed by atoms with Crippen LogP contribution in [0.4, 0.5) is 0 Å². The van der Waals surface area contributed by atoms with Crippen LogP contribution in [0.3, 0.4) is 0 Å². The number of benzene rings is 1. The van der Waals surface area contributed by atoms with Gasteiger partial charge in [-0.25, -0.2) is 0 Å². The van der Waals surface area contributed by atoms with Gasteiger partial charge >= 0.3 is 0 Å². The predicted molar refractivity (Wildman–Crippen MR) is 64.5 cm³/mol. The molecule has 0 N–H and O–H groups in total. The van der Waals surface area contributed by atoms with Crippen molar-refractivity contribution in [3.05, 3.63) is 28.8 Å². The SMILES string of the molecule is CO/N=C(/C)c1cc(P)c(C)cc1C. The van der Waals surface area contributed by atoms with E-state index in [2.05, 4.69) is 40.4 Å². The molecule has 76 valence electrons. The van der Waals surface area contributed by atoms with Gasteiger partial charge in [0.25, 0.3) is 0 Å². The molecule has 0 aliphatic rings. The number of nitrogens with zero attached hydrogens (tertiary/aromatic N) is 1. The van der Waals surface area contributed by atoms with Crippen LogP contribution in [0.5, 0.6) is 0 Å². The van der Waals surface area contributed by atoms with Crippen molar-refractivity contribution in [3.8, 4) is 0 Å². The highest BCUT2D eigenvalue weighted by molar-refractivity contribution is 7.27. The third kappa shape index (κ3) is 2.33. The van der Waals surface area contributed by atoms with Crippen LogP contribution in [-0.2, 0) is 4.84 Å². The molecular formula is C11H16NOP. The van der Waals surface area contributed by atoms with Crippen molar-refractivity contribution in [2.24, 2.45) is 5.16 Å². The third-order valence-corrected chi connectivity index (χ3v) is 2.85. The van der Waals surface area contributed by atoms with Crippen molar-refractivity contribution in [3.63, 3.8) is 0 Å². The normalized spacial score (nSPS) is 11.6. The molecule has 0 radical (unpaired) electrons. The minimum Gasteiger partial charge on any atom is -0.399 e. The van der Waals surface area contributed by atoms with E-state index in [9.17, 15) is 0 Å². The van der Waals surface area contributed by atoms with Gasteiger partial charge < -0.3 is 4.84 Å². The van der Waals surface area contributed by atoms with E-state index in [1.807, 2.05) is 6.92 Å². The molecule has 0 saturated carbocycles. The summed E-state index contributed by atoms with van der Waals surface area (Å²) in [6.07, 6.45) is 0. The topological polar surface area (TPSA) is 21.6 Å². The molecule has 0 bridgehead atoms. The first-order valence-corrected chi connectivity index (χ1v) is 5.09. The predicted octanol–water partition coefficient (Wildman–Crippen LogP) is 2.17. The van der Waals surface area contributed by atoms with Crippen LogP contribution in [-0.4, -0.2) is 12.8 Å². The largest absolute Gasteiger partial charge is 0.399 e. The van der Waals surface area contributed by atoms with Gasteiger partial charge in [0, 0.05) is 5.56 Å². The summed E-state index contributed by atoms with van der Waals surface area (Å²) < 4.78 is 0. The van der Waals surface area contributed by atoms with Gasteiger partial charge in [0.2, 0.25) is 0 Å². The quantitative estimate of drug-likeness (QED) is 0.415. The van der Waals surface area contributed by atoms with Crippen LogP contribution in [0.1, 0.15) is 23.6 Å². The molecule has 1 rings (SSSR count). The summed E-state index contributed by atoms with van der Waals surface area (Å²) in [5.41, 5.74) is 4.56. The summed E-state index contributed by atoms with van der Waals surface area (Å²) in [4.78, 5) is 4.76. The second-order valence-electron chi connectivity index (χ2n) is 3.38. The number of aryl methyl sites for hydroxylation is 2. The lowest BCUT2D eigenvalue weighted by Crippen LogP contribution is -2.06. The van der Waals surface area contributed by atoms with E-state index in [1.54, 1.807) is 7.11 Å². The number of rotatable bonds is 2. The Morgan fingerprint density at radius 1 is 1.29 bits per heavy atom. The molecule has 0 saturated heterocycles. The number of hydrogen-bond donors (Lipinski definition) is 0. The molecule has 14 heavy (non-hydrogen) atoms. The van der Waals surface area contributed by atoms with E-state index in [1.165, 1.54) is 16.4 Å². The monoisotopic (exact) mass is 209 g/mol. The zero-order valence-corrected chi connectivity index (χ0v) is 10.2. The molecule has 1 atom stereocenters. The maximum Gasteiger partial charge on any atom is 0.106 e. The number of hydrogen-bond acceptors (Lipinski definition) is 2. The minimum atomic E-state index is 0.911. The van der Waals surface area contributed by atoms with Crippen LogP contribution in [0.15, 0.2) is 17.3 Å². The molecular weight excluding hydrogens is 193 g/mol. The minimum absolute atomic E-state index is 0.911. The van der Waals surface area contributed by atoms with Crippen molar-refractivity contribution in [2.75, 3.05) is 7.11 Å². The van der Waals surface area contributed by atoms with Crippen molar-refractivity contribution < 1.29 is 4.84 Å². The molecule has 0 fully saturated rings. The van der Waals surface area contributed by atoms with Gasteiger partial charge in [0.1, 0.15) is 7.11 Å². The third-order valence-electron chi connectivity index (χ3n) is 2.23. The van der Waals surface area contributed by atoms with Gasteiger partial charge in [0.15, 0.2) is 0 Å². The Labute approximate surface area is 87.5 Å². The lowest BCUT2D eigenvalue weighted by atomic mass is 10.0. The highest BCUT2D eigenvalue weighted by atomic mass is 31.0. The highest BCUT2D eigenvalue weighted by Crippen LogP contribution is 2.12. The van der Waals surface area contributed by atoms with Gasteiger partial charge in [0.05, 0.1) is 5.71 Å². The summed E-state index contributed by atoms with van der Waals surface area (Å²) in [5, 5.41) is 5.14. The Bertz CT molecular complexity index is 372. The molecule has 0 aliphatic heterocycles. The smallest absolute Gasteiger partial charge is 0.106 e.